The second-order valence-electron chi connectivity index (χ2n) is 7.10. The summed E-state index contributed by atoms with van der Waals surface area (Å²) in [5, 5.41) is 0. The van der Waals surface area contributed by atoms with Crippen LogP contribution in [0.1, 0.15) is 24.0 Å². The Bertz CT molecular complexity index is 886. The van der Waals surface area contributed by atoms with Gasteiger partial charge in [0.2, 0.25) is 0 Å². The Kier molecular flexibility index (Phi) is 5.32. The van der Waals surface area contributed by atoms with Gasteiger partial charge in [0.25, 0.3) is 0 Å². The minimum atomic E-state index is -3.84. The third kappa shape index (κ3) is 3.94. The van der Waals surface area contributed by atoms with Gasteiger partial charge in [-0.1, -0.05) is 0 Å². The van der Waals surface area contributed by atoms with Gasteiger partial charge in [0.05, 0.1) is 0 Å². The fourth-order valence-electron chi connectivity index (χ4n) is 3.56. The third-order valence-electron chi connectivity index (χ3n) is 4.89. The maximum absolute atomic E-state index is 6.87. The zero-order chi connectivity index (χ0) is 18.7. The molecule has 0 N–H and O–H groups in total. The average Bonchev–Trinajstić information content (AvgIpc) is 3.36. The van der Waals surface area contributed by atoms with Crippen molar-refractivity contribution in [2.24, 2.45) is 0 Å². The molecular formula is C24H24O2Zr. The molecule has 2 nitrogen and oxygen atoms in total. The maximum atomic E-state index is 6.87. The van der Waals surface area contributed by atoms with Gasteiger partial charge in [-0.05, 0) is 0 Å². The van der Waals surface area contributed by atoms with E-state index >= 15 is 0 Å². The van der Waals surface area contributed by atoms with Crippen molar-refractivity contribution in [3.8, 4) is 11.5 Å². The first-order valence-electron chi connectivity index (χ1n) is 9.39. The van der Waals surface area contributed by atoms with Crippen molar-refractivity contribution in [2.45, 2.75) is 26.7 Å². The second kappa shape index (κ2) is 7.86. The van der Waals surface area contributed by atoms with Gasteiger partial charge in [-0.15, -0.1) is 0 Å². The van der Waals surface area contributed by atoms with Crippen LogP contribution in [0, 0.1) is 13.8 Å². The first kappa shape index (κ1) is 18.3. The molecule has 4 rings (SSSR count). The van der Waals surface area contributed by atoms with E-state index in [9.17, 15) is 0 Å². The number of hydrogen-bond acceptors (Lipinski definition) is 2. The number of aryl methyl sites for hydroxylation is 2. The van der Waals surface area contributed by atoms with Crippen LogP contribution in [-0.4, -0.2) is 0 Å². The van der Waals surface area contributed by atoms with E-state index in [1.807, 2.05) is 12.1 Å². The van der Waals surface area contributed by atoms with Crippen molar-refractivity contribution in [3.05, 3.63) is 103 Å². The summed E-state index contributed by atoms with van der Waals surface area (Å²) in [6, 6.07) is 16.6. The zero-order valence-electron chi connectivity index (χ0n) is 15.8. The summed E-state index contributed by atoms with van der Waals surface area (Å²) in [4.78, 5) is 0. The Morgan fingerprint density at radius 1 is 0.704 bits per heavy atom. The molecule has 27 heavy (non-hydrogen) atoms. The molecule has 0 atom stereocenters. The molecule has 2 aliphatic rings. The normalized spacial score (nSPS) is 15.6. The number of benzene rings is 2. The summed E-state index contributed by atoms with van der Waals surface area (Å²) in [6.07, 6.45) is 14.9. The van der Waals surface area contributed by atoms with Crippen molar-refractivity contribution >= 4 is 0 Å². The molecule has 136 valence electrons. The van der Waals surface area contributed by atoms with Crippen LogP contribution in [0.3, 0.4) is 0 Å². The minimum absolute atomic E-state index is 0.902. The van der Waals surface area contributed by atoms with Gasteiger partial charge in [-0.3, -0.25) is 0 Å². The molecule has 2 aromatic carbocycles. The molecule has 0 saturated heterocycles. The van der Waals surface area contributed by atoms with E-state index in [0.717, 1.165) is 24.3 Å². The molecule has 3 heteroatoms. The first-order chi connectivity index (χ1) is 13.2. The number of rotatable bonds is 6. The standard InChI is InChI=1S/2C7H8O.2C5H5.Zr/c2*1-6-3-2-4-7(8)5-6;2*1-2-4-5-3-1;/h2*2-5,8H,1H3;2*1-3H,4H2;/q;;;;+2/p-2. The molecule has 2 aliphatic carbocycles. The number of allylic oxidation sites excluding steroid dienone is 8. The fourth-order valence-corrected chi connectivity index (χ4v) is 11.7. The van der Waals surface area contributed by atoms with Gasteiger partial charge in [0.15, 0.2) is 0 Å². The summed E-state index contributed by atoms with van der Waals surface area (Å²) in [7, 11) is 0. The van der Waals surface area contributed by atoms with Crippen molar-refractivity contribution in [3.63, 3.8) is 0 Å². The zero-order valence-corrected chi connectivity index (χ0v) is 18.3. The van der Waals surface area contributed by atoms with Crippen molar-refractivity contribution in [2.75, 3.05) is 0 Å². The average molecular weight is 436 g/mol. The summed E-state index contributed by atoms with van der Waals surface area (Å²) in [5.41, 5.74) is 2.39. The van der Waals surface area contributed by atoms with Gasteiger partial charge in [-0.25, -0.2) is 0 Å². The Labute approximate surface area is 167 Å². The van der Waals surface area contributed by atoms with Crippen molar-refractivity contribution < 1.29 is 26.8 Å². The fraction of sp³-hybridized carbons (Fsp3) is 0.167. The topological polar surface area (TPSA) is 18.5 Å². The van der Waals surface area contributed by atoms with Crippen LogP contribution >= 0.6 is 0 Å². The van der Waals surface area contributed by atoms with E-state index in [1.165, 1.54) is 17.7 Å². The third-order valence-corrected chi connectivity index (χ3v) is 13.4. The summed E-state index contributed by atoms with van der Waals surface area (Å²) >= 11 is -3.84. The molecule has 0 bridgehead atoms. The molecule has 0 spiro atoms. The SMILES string of the molecule is Cc1cccc([O][Zr]([O]c2cccc(C)c2)([C]2=CC=CC2)[C]2=CC=CC2)c1. The van der Waals surface area contributed by atoms with Crippen LogP contribution in [0.2, 0.25) is 0 Å². The van der Waals surface area contributed by atoms with Crippen LogP contribution in [0.25, 0.3) is 0 Å². The van der Waals surface area contributed by atoms with Gasteiger partial charge < -0.3 is 0 Å². The van der Waals surface area contributed by atoms with Crippen molar-refractivity contribution in [1.82, 2.24) is 0 Å². The van der Waals surface area contributed by atoms with E-state index < -0.39 is 21.1 Å². The van der Waals surface area contributed by atoms with E-state index in [4.69, 9.17) is 5.63 Å². The molecule has 2 aromatic rings. The van der Waals surface area contributed by atoms with Crippen molar-refractivity contribution in [1.29, 1.82) is 0 Å². The molecule has 0 heterocycles. The van der Waals surface area contributed by atoms with Crippen LogP contribution in [0.5, 0.6) is 11.5 Å². The van der Waals surface area contributed by atoms with E-state index in [1.54, 1.807) is 0 Å². The predicted octanol–water partition coefficient (Wildman–Crippen LogP) is 6.43. The molecule has 0 saturated carbocycles. The van der Waals surface area contributed by atoms with Crippen LogP contribution in [-0.2, 0) is 21.1 Å². The van der Waals surface area contributed by atoms with Gasteiger partial charge in [0, 0.05) is 0 Å². The molecule has 0 fully saturated rings. The first-order valence-corrected chi connectivity index (χ1v) is 13.9. The molecular weight excluding hydrogens is 411 g/mol. The molecule has 0 unspecified atom stereocenters. The molecule has 0 aromatic heterocycles. The monoisotopic (exact) mass is 434 g/mol. The summed E-state index contributed by atoms with van der Waals surface area (Å²) in [5.74, 6) is 1.80. The summed E-state index contributed by atoms with van der Waals surface area (Å²) in [6.45, 7) is 4.19. The van der Waals surface area contributed by atoms with Gasteiger partial charge in [0.1, 0.15) is 0 Å². The summed E-state index contributed by atoms with van der Waals surface area (Å²) < 4.78 is 16.4. The Morgan fingerprint density at radius 3 is 1.56 bits per heavy atom. The predicted molar refractivity (Wildman–Crippen MR) is 107 cm³/mol. The molecule has 0 aliphatic heterocycles. The van der Waals surface area contributed by atoms with E-state index in [-0.39, 0.29) is 0 Å². The van der Waals surface area contributed by atoms with Crippen LogP contribution in [0.4, 0.5) is 0 Å². The number of hydrogen-bond donors (Lipinski definition) is 0. The van der Waals surface area contributed by atoms with E-state index in [2.05, 4.69) is 86.7 Å². The second-order valence-corrected chi connectivity index (χ2v) is 14.3. The van der Waals surface area contributed by atoms with E-state index in [0.29, 0.717) is 0 Å². The quantitative estimate of drug-likeness (QED) is 0.520. The van der Waals surface area contributed by atoms with Crippen LogP contribution in [0.15, 0.2) is 91.5 Å². The Balaban J connectivity index is 1.80. The Morgan fingerprint density at radius 2 is 1.19 bits per heavy atom. The molecule has 0 amide bonds. The van der Waals surface area contributed by atoms with Gasteiger partial charge in [-0.2, -0.15) is 0 Å². The molecule has 0 radical (unpaired) electrons. The van der Waals surface area contributed by atoms with Gasteiger partial charge >= 0.3 is 168 Å². The van der Waals surface area contributed by atoms with Crippen LogP contribution < -0.4 is 5.63 Å². The Hall–Kier alpha value is -2.12.